The molecule has 0 aliphatic heterocycles. The maximum Gasteiger partial charge on any atom is 0.341 e. The number of methoxy groups -OCH3 is 1. The standard InChI is InChI=1S/C20H25N3O2S2/c1-4-23(5-2)14-11-9-13(10-12-14)21-20(26)22-18-17(19(24)25-3)15-7-6-8-16(15)27-18/h9-12H,4-8H2,1-3H3,(H2,21,22,26). The quantitative estimate of drug-likeness (QED) is 0.540. The second-order valence-corrected chi connectivity index (χ2v) is 7.86. The molecule has 5 nitrogen and oxygen atoms in total. The number of hydrogen-bond acceptors (Lipinski definition) is 5. The van der Waals surface area contributed by atoms with E-state index in [1.54, 1.807) is 11.3 Å². The highest BCUT2D eigenvalue weighted by atomic mass is 32.1. The first-order valence-corrected chi connectivity index (χ1v) is 10.5. The molecule has 1 heterocycles. The van der Waals surface area contributed by atoms with Crippen LogP contribution < -0.4 is 15.5 Å². The number of carbonyl (C=O) groups is 1. The van der Waals surface area contributed by atoms with Crippen molar-refractivity contribution in [3.63, 3.8) is 0 Å². The van der Waals surface area contributed by atoms with E-state index in [9.17, 15) is 4.79 Å². The van der Waals surface area contributed by atoms with Crippen molar-refractivity contribution in [3.05, 3.63) is 40.3 Å². The number of nitrogens with zero attached hydrogens (tertiary/aromatic N) is 1. The summed E-state index contributed by atoms with van der Waals surface area (Å²) >= 11 is 7.06. The van der Waals surface area contributed by atoms with Crippen LogP contribution >= 0.6 is 23.6 Å². The Hall–Kier alpha value is -2.12. The average molecular weight is 404 g/mol. The van der Waals surface area contributed by atoms with Crippen LogP contribution in [0.25, 0.3) is 0 Å². The molecule has 0 amide bonds. The second kappa shape index (κ2) is 8.71. The van der Waals surface area contributed by atoms with Crippen LogP contribution in [0.1, 0.15) is 41.1 Å². The summed E-state index contributed by atoms with van der Waals surface area (Å²) in [6, 6.07) is 8.18. The molecule has 3 rings (SSSR count). The number of fused-ring (bicyclic) bond motifs is 1. The summed E-state index contributed by atoms with van der Waals surface area (Å²) in [6.45, 7) is 6.24. The van der Waals surface area contributed by atoms with Crippen LogP contribution in [0.5, 0.6) is 0 Å². The third-order valence-corrected chi connectivity index (χ3v) is 6.20. The van der Waals surface area contributed by atoms with Crippen LogP contribution in [0.15, 0.2) is 24.3 Å². The molecule has 0 spiro atoms. The highest BCUT2D eigenvalue weighted by Gasteiger charge is 2.27. The van der Waals surface area contributed by atoms with Gasteiger partial charge in [-0.2, -0.15) is 0 Å². The molecule has 2 aromatic rings. The van der Waals surface area contributed by atoms with Crippen molar-refractivity contribution in [1.29, 1.82) is 0 Å². The van der Waals surface area contributed by atoms with Gasteiger partial charge in [0.2, 0.25) is 0 Å². The molecule has 1 aromatic heterocycles. The van der Waals surface area contributed by atoms with Crippen molar-refractivity contribution >= 4 is 51.0 Å². The topological polar surface area (TPSA) is 53.6 Å². The van der Waals surface area contributed by atoms with Gasteiger partial charge in [-0.3, -0.25) is 0 Å². The van der Waals surface area contributed by atoms with Crippen molar-refractivity contribution in [2.45, 2.75) is 33.1 Å². The molecular weight excluding hydrogens is 378 g/mol. The predicted octanol–water partition coefficient (Wildman–Crippen LogP) is 4.68. The SMILES string of the molecule is CCN(CC)c1ccc(NC(=S)Nc2sc3c(c2C(=O)OC)CCC3)cc1. The summed E-state index contributed by atoms with van der Waals surface area (Å²) in [4.78, 5) is 15.8. The summed E-state index contributed by atoms with van der Waals surface area (Å²) in [5.41, 5.74) is 3.84. The molecule has 2 N–H and O–H groups in total. The number of rotatable bonds is 6. The van der Waals surface area contributed by atoms with Gasteiger partial charge in [-0.25, -0.2) is 4.79 Å². The van der Waals surface area contributed by atoms with Crippen LogP contribution in [-0.4, -0.2) is 31.3 Å². The fourth-order valence-corrected chi connectivity index (χ4v) is 4.99. The lowest BCUT2D eigenvalue weighted by Crippen LogP contribution is -2.22. The van der Waals surface area contributed by atoms with E-state index in [4.69, 9.17) is 17.0 Å². The maximum absolute atomic E-state index is 12.2. The first kappa shape index (κ1) is 19.6. The van der Waals surface area contributed by atoms with Gasteiger partial charge >= 0.3 is 5.97 Å². The Morgan fingerprint density at radius 1 is 1.19 bits per heavy atom. The highest BCUT2D eigenvalue weighted by molar-refractivity contribution is 7.80. The Kier molecular flexibility index (Phi) is 6.34. The Labute approximate surface area is 169 Å². The van der Waals surface area contributed by atoms with Crippen LogP contribution in [0.4, 0.5) is 16.4 Å². The van der Waals surface area contributed by atoms with E-state index in [-0.39, 0.29) is 5.97 Å². The third kappa shape index (κ3) is 4.25. The molecule has 0 saturated heterocycles. The number of carbonyl (C=O) groups excluding carboxylic acids is 1. The minimum absolute atomic E-state index is 0.303. The number of aryl methyl sites for hydroxylation is 1. The molecular formula is C20H25N3O2S2. The minimum Gasteiger partial charge on any atom is -0.465 e. The van der Waals surface area contributed by atoms with E-state index in [1.165, 1.54) is 17.7 Å². The number of anilines is 3. The first-order chi connectivity index (χ1) is 13.1. The number of nitrogens with one attached hydrogen (secondary N) is 2. The van der Waals surface area contributed by atoms with Gasteiger partial charge < -0.3 is 20.3 Å². The molecule has 0 fully saturated rings. The molecule has 1 aliphatic rings. The predicted molar refractivity (Wildman–Crippen MR) is 118 cm³/mol. The van der Waals surface area contributed by atoms with Gasteiger partial charge in [-0.05, 0) is 75.2 Å². The number of ether oxygens (including phenoxy) is 1. The minimum atomic E-state index is -0.303. The van der Waals surface area contributed by atoms with E-state index in [2.05, 4.69) is 41.5 Å². The molecule has 7 heteroatoms. The molecule has 0 saturated carbocycles. The number of benzene rings is 1. The maximum atomic E-state index is 12.2. The number of esters is 1. The molecule has 0 bridgehead atoms. The zero-order chi connectivity index (χ0) is 19.4. The van der Waals surface area contributed by atoms with Gasteiger partial charge in [-0.15, -0.1) is 11.3 Å². The molecule has 27 heavy (non-hydrogen) atoms. The van der Waals surface area contributed by atoms with Gasteiger partial charge in [0.25, 0.3) is 0 Å². The molecule has 1 aliphatic carbocycles. The normalized spacial score (nSPS) is 12.4. The van der Waals surface area contributed by atoms with Crippen LogP contribution in [0.3, 0.4) is 0 Å². The first-order valence-electron chi connectivity index (χ1n) is 9.23. The lowest BCUT2D eigenvalue weighted by molar-refractivity contribution is 0.0601. The van der Waals surface area contributed by atoms with Gasteiger partial charge in [0.15, 0.2) is 5.11 Å². The third-order valence-electron chi connectivity index (χ3n) is 4.79. The zero-order valence-electron chi connectivity index (χ0n) is 15.9. The molecule has 0 atom stereocenters. The van der Waals surface area contributed by atoms with E-state index in [1.807, 2.05) is 12.1 Å². The number of hydrogen-bond donors (Lipinski definition) is 2. The van der Waals surface area contributed by atoms with Crippen molar-refractivity contribution in [2.24, 2.45) is 0 Å². The van der Waals surface area contributed by atoms with E-state index in [0.29, 0.717) is 10.7 Å². The largest absolute Gasteiger partial charge is 0.465 e. The summed E-state index contributed by atoms with van der Waals surface area (Å²) < 4.78 is 4.98. The molecule has 144 valence electrons. The fourth-order valence-electron chi connectivity index (χ4n) is 3.42. The number of thiocarbonyl (C=S) groups is 1. The van der Waals surface area contributed by atoms with E-state index < -0.39 is 0 Å². The summed E-state index contributed by atoms with van der Waals surface area (Å²) in [6.07, 6.45) is 3.02. The van der Waals surface area contributed by atoms with Crippen molar-refractivity contribution in [3.8, 4) is 0 Å². The zero-order valence-corrected chi connectivity index (χ0v) is 17.6. The Morgan fingerprint density at radius 2 is 1.89 bits per heavy atom. The Morgan fingerprint density at radius 3 is 2.52 bits per heavy atom. The van der Waals surface area contributed by atoms with Gasteiger partial charge in [0, 0.05) is 29.3 Å². The lowest BCUT2D eigenvalue weighted by Gasteiger charge is -2.21. The van der Waals surface area contributed by atoms with Gasteiger partial charge in [-0.1, -0.05) is 0 Å². The van der Waals surface area contributed by atoms with E-state index in [0.717, 1.165) is 48.6 Å². The lowest BCUT2D eigenvalue weighted by atomic mass is 10.1. The average Bonchev–Trinajstić information content (AvgIpc) is 3.24. The van der Waals surface area contributed by atoms with Crippen LogP contribution in [0, 0.1) is 0 Å². The molecule has 1 aromatic carbocycles. The summed E-state index contributed by atoms with van der Waals surface area (Å²) in [5, 5.41) is 7.62. The monoisotopic (exact) mass is 403 g/mol. The Bertz CT molecular complexity index is 826. The highest BCUT2D eigenvalue weighted by Crippen LogP contribution is 2.39. The molecule has 0 radical (unpaired) electrons. The number of thiophene rings is 1. The van der Waals surface area contributed by atoms with Gasteiger partial charge in [0.1, 0.15) is 5.00 Å². The molecule has 0 unspecified atom stereocenters. The van der Waals surface area contributed by atoms with Crippen LogP contribution in [-0.2, 0) is 17.6 Å². The smallest absolute Gasteiger partial charge is 0.341 e. The second-order valence-electron chi connectivity index (χ2n) is 6.35. The van der Waals surface area contributed by atoms with Gasteiger partial charge in [0.05, 0.1) is 12.7 Å². The summed E-state index contributed by atoms with van der Waals surface area (Å²) in [5.74, 6) is -0.303. The van der Waals surface area contributed by atoms with Crippen molar-refractivity contribution in [2.75, 3.05) is 35.7 Å². The summed E-state index contributed by atoms with van der Waals surface area (Å²) in [7, 11) is 1.42. The van der Waals surface area contributed by atoms with Crippen molar-refractivity contribution < 1.29 is 9.53 Å². The van der Waals surface area contributed by atoms with E-state index >= 15 is 0 Å². The van der Waals surface area contributed by atoms with Crippen molar-refractivity contribution in [1.82, 2.24) is 0 Å². The van der Waals surface area contributed by atoms with Crippen LogP contribution in [0.2, 0.25) is 0 Å². The Balaban J connectivity index is 1.71. The fraction of sp³-hybridized carbons (Fsp3) is 0.400.